The lowest BCUT2D eigenvalue weighted by Gasteiger charge is -2.35. The van der Waals surface area contributed by atoms with Crippen LogP contribution >= 0.6 is 0 Å². The van der Waals surface area contributed by atoms with E-state index in [1.807, 2.05) is 6.07 Å². The lowest BCUT2D eigenvalue weighted by Crippen LogP contribution is -2.38. The van der Waals surface area contributed by atoms with E-state index in [-0.39, 0.29) is 5.82 Å². The molecule has 1 fully saturated rings. The van der Waals surface area contributed by atoms with Crippen LogP contribution in [0.15, 0.2) is 18.2 Å². The van der Waals surface area contributed by atoms with Crippen molar-refractivity contribution in [1.29, 1.82) is 0 Å². The smallest absolute Gasteiger partial charge is 0.127 e. The first-order chi connectivity index (χ1) is 8.58. The van der Waals surface area contributed by atoms with Gasteiger partial charge in [0.25, 0.3) is 0 Å². The maximum absolute atomic E-state index is 13.8. The van der Waals surface area contributed by atoms with Crippen LogP contribution in [0.25, 0.3) is 0 Å². The predicted molar refractivity (Wildman–Crippen MR) is 72.5 cm³/mol. The fourth-order valence-electron chi connectivity index (χ4n) is 3.04. The van der Waals surface area contributed by atoms with Crippen LogP contribution in [-0.4, -0.2) is 18.0 Å². The molecule has 3 heteroatoms. The third-order valence-electron chi connectivity index (χ3n) is 3.68. The molecule has 2 N–H and O–H groups in total. The molecule has 0 aromatic heterocycles. The first-order valence-corrected chi connectivity index (χ1v) is 6.78. The molecule has 1 aliphatic heterocycles. The van der Waals surface area contributed by atoms with Crippen LogP contribution in [0, 0.1) is 17.7 Å². The second-order valence-corrected chi connectivity index (χ2v) is 5.77. The lowest BCUT2D eigenvalue weighted by molar-refractivity contribution is 0.133. The minimum Gasteiger partial charge on any atom is -0.326 e. The van der Waals surface area contributed by atoms with Crippen LogP contribution in [0.1, 0.15) is 31.4 Å². The van der Waals surface area contributed by atoms with E-state index in [1.165, 1.54) is 12.5 Å². The molecule has 2 atom stereocenters. The first-order valence-electron chi connectivity index (χ1n) is 6.78. The van der Waals surface area contributed by atoms with Crippen LogP contribution < -0.4 is 5.73 Å². The van der Waals surface area contributed by atoms with E-state index in [0.29, 0.717) is 24.9 Å². The molecule has 0 bridgehead atoms. The highest BCUT2D eigenvalue weighted by atomic mass is 19.1. The van der Waals surface area contributed by atoms with Crippen molar-refractivity contribution >= 4 is 0 Å². The Labute approximate surface area is 109 Å². The molecule has 1 heterocycles. The van der Waals surface area contributed by atoms with E-state index in [1.54, 1.807) is 6.07 Å². The summed E-state index contributed by atoms with van der Waals surface area (Å²) in [7, 11) is 0. The van der Waals surface area contributed by atoms with Gasteiger partial charge < -0.3 is 5.73 Å². The molecule has 2 rings (SSSR count). The van der Waals surface area contributed by atoms with Gasteiger partial charge in [0.1, 0.15) is 5.82 Å². The van der Waals surface area contributed by atoms with Crippen LogP contribution in [-0.2, 0) is 13.1 Å². The van der Waals surface area contributed by atoms with Gasteiger partial charge in [-0.2, -0.15) is 0 Å². The van der Waals surface area contributed by atoms with Gasteiger partial charge in [-0.3, -0.25) is 4.90 Å². The van der Waals surface area contributed by atoms with Gasteiger partial charge in [-0.05, 0) is 29.9 Å². The first kappa shape index (κ1) is 13.5. The lowest BCUT2D eigenvalue weighted by atomic mass is 9.91. The fourth-order valence-corrected chi connectivity index (χ4v) is 3.04. The normalized spacial score (nSPS) is 25.3. The fraction of sp³-hybridized carbons (Fsp3) is 0.600. The number of rotatable bonds is 3. The van der Waals surface area contributed by atoms with Crippen molar-refractivity contribution in [2.24, 2.45) is 17.6 Å². The van der Waals surface area contributed by atoms with Crippen molar-refractivity contribution in [2.45, 2.75) is 33.4 Å². The standard InChI is InChI=1S/C15H23FN2/c1-11-5-12(2)9-18(8-11)10-14-6-13(7-17)3-4-15(14)16/h3-4,6,11-12H,5,7-10,17H2,1-2H3. The summed E-state index contributed by atoms with van der Waals surface area (Å²) in [6, 6.07) is 5.20. The summed E-state index contributed by atoms with van der Waals surface area (Å²) in [5, 5.41) is 0. The second-order valence-electron chi connectivity index (χ2n) is 5.77. The van der Waals surface area contributed by atoms with Gasteiger partial charge in [-0.25, -0.2) is 4.39 Å². The molecule has 0 radical (unpaired) electrons. The molecule has 2 unspecified atom stereocenters. The van der Waals surface area contributed by atoms with Crippen molar-refractivity contribution in [3.05, 3.63) is 35.1 Å². The molecule has 0 spiro atoms. The summed E-state index contributed by atoms with van der Waals surface area (Å²) in [5.74, 6) is 1.29. The molecule has 100 valence electrons. The largest absolute Gasteiger partial charge is 0.326 e. The van der Waals surface area contributed by atoms with Crippen LogP contribution in [0.5, 0.6) is 0 Å². The summed E-state index contributed by atoms with van der Waals surface area (Å²) >= 11 is 0. The van der Waals surface area contributed by atoms with Gasteiger partial charge >= 0.3 is 0 Å². The van der Waals surface area contributed by atoms with Gasteiger partial charge in [0, 0.05) is 31.7 Å². The Hall–Kier alpha value is -0.930. The molecule has 18 heavy (non-hydrogen) atoms. The average molecular weight is 250 g/mol. The Kier molecular flexibility index (Phi) is 4.36. The number of hydrogen-bond acceptors (Lipinski definition) is 2. The highest BCUT2D eigenvalue weighted by Gasteiger charge is 2.22. The number of piperidine rings is 1. The van der Waals surface area contributed by atoms with Gasteiger partial charge in [0.05, 0.1) is 0 Å². The van der Waals surface area contributed by atoms with E-state index >= 15 is 0 Å². The highest BCUT2D eigenvalue weighted by Crippen LogP contribution is 2.23. The molecular weight excluding hydrogens is 227 g/mol. The predicted octanol–water partition coefficient (Wildman–Crippen LogP) is 2.76. The Morgan fingerprint density at radius 3 is 2.56 bits per heavy atom. The molecule has 0 saturated carbocycles. The van der Waals surface area contributed by atoms with Crippen molar-refractivity contribution in [3.63, 3.8) is 0 Å². The van der Waals surface area contributed by atoms with Crippen LogP contribution in [0.2, 0.25) is 0 Å². The summed E-state index contributed by atoms with van der Waals surface area (Å²) in [4.78, 5) is 2.36. The molecule has 1 saturated heterocycles. The monoisotopic (exact) mass is 250 g/mol. The molecule has 0 aliphatic carbocycles. The van der Waals surface area contributed by atoms with Crippen LogP contribution in [0.3, 0.4) is 0 Å². The van der Waals surface area contributed by atoms with E-state index in [9.17, 15) is 4.39 Å². The zero-order valence-corrected chi connectivity index (χ0v) is 11.3. The Morgan fingerprint density at radius 2 is 1.94 bits per heavy atom. The van der Waals surface area contributed by atoms with Gasteiger partial charge in [-0.1, -0.05) is 26.0 Å². The minimum atomic E-state index is -0.113. The van der Waals surface area contributed by atoms with Crippen molar-refractivity contribution in [1.82, 2.24) is 4.90 Å². The van der Waals surface area contributed by atoms with E-state index < -0.39 is 0 Å². The highest BCUT2D eigenvalue weighted by molar-refractivity contribution is 5.25. The quantitative estimate of drug-likeness (QED) is 0.893. The topological polar surface area (TPSA) is 29.3 Å². The molecule has 0 amide bonds. The van der Waals surface area contributed by atoms with E-state index in [4.69, 9.17) is 5.73 Å². The van der Waals surface area contributed by atoms with E-state index in [0.717, 1.165) is 24.2 Å². The van der Waals surface area contributed by atoms with Crippen molar-refractivity contribution < 1.29 is 4.39 Å². The summed E-state index contributed by atoms with van der Waals surface area (Å²) < 4.78 is 13.8. The number of benzene rings is 1. The SMILES string of the molecule is CC1CC(C)CN(Cc2cc(CN)ccc2F)C1. The van der Waals surface area contributed by atoms with Gasteiger partial charge in [0.15, 0.2) is 0 Å². The van der Waals surface area contributed by atoms with E-state index in [2.05, 4.69) is 18.7 Å². The maximum atomic E-state index is 13.8. The van der Waals surface area contributed by atoms with Gasteiger partial charge in [0.2, 0.25) is 0 Å². The third-order valence-corrected chi connectivity index (χ3v) is 3.68. The molecular formula is C15H23FN2. The number of likely N-dealkylation sites (tertiary alicyclic amines) is 1. The second kappa shape index (κ2) is 5.81. The molecule has 1 aromatic rings. The summed E-state index contributed by atoms with van der Waals surface area (Å²) in [6.45, 7) is 7.85. The Morgan fingerprint density at radius 1 is 1.28 bits per heavy atom. The van der Waals surface area contributed by atoms with Crippen molar-refractivity contribution in [2.75, 3.05) is 13.1 Å². The average Bonchev–Trinajstić information content (AvgIpc) is 2.30. The van der Waals surface area contributed by atoms with Crippen molar-refractivity contribution in [3.8, 4) is 0 Å². The number of hydrogen-bond donors (Lipinski definition) is 1. The minimum absolute atomic E-state index is 0.113. The third kappa shape index (κ3) is 3.30. The zero-order chi connectivity index (χ0) is 13.1. The number of nitrogens with two attached hydrogens (primary N) is 1. The number of halogens is 1. The zero-order valence-electron chi connectivity index (χ0n) is 11.3. The Balaban J connectivity index is 2.08. The molecule has 2 nitrogen and oxygen atoms in total. The summed E-state index contributed by atoms with van der Waals surface area (Å²) in [5.41, 5.74) is 7.39. The summed E-state index contributed by atoms with van der Waals surface area (Å²) in [6.07, 6.45) is 1.28. The van der Waals surface area contributed by atoms with Gasteiger partial charge in [-0.15, -0.1) is 0 Å². The van der Waals surface area contributed by atoms with Crippen LogP contribution in [0.4, 0.5) is 4.39 Å². The maximum Gasteiger partial charge on any atom is 0.127 e. The molecule has 1 aromatic carbocycles. The molecule has 1 aliphatic rings. The number of nitrogens with zero attached hydrogens (tertiary/aromatic N) is 1. The Bertz CT molecular complexity index is 395.